The summed E-state index contributed by atoms with van der Waals surface area (Å²) in [4.78, 5) is 0. The lowest BCUT2D eigenvalue weighted by molar-refractivity contribution is 0.199. The number of para-hydroxylation sites is 1. The van der Waals surface area contributed by atoms with E-state index in [1.165, 1.54) is 0 Å². The summed E-state index contributed by atoms with van der Waals surface area (Å²) in [6, 6.07) is 10.00. The summed E-state index contributed by atoms with van der Waals surface area (Å²) in [5.74, 6) is 0.892. The number of hydrogen-bond acceptors (Lipinski definition) is 4. The predicted octanol–water partition coefficient (Wildman–Crippen LogP) is 1.74. The maximum absolute atomic E-state index is 5.85. The van der Waals surface area contributed by atoms with Crippen molar-refractivity contribution in [3.8, 4) is 5.75 Å². The highest BCUT2D eigenvalue weighted by molar-refractivity contribution is 5.33. The van der Waals surface area contributed by atoms with Gasteiger partial charge in [-0.1, -0.05) is 18.2 Å². The SMILES string of the molecule is COCCNCc1ccccc1OCc1ccn(C)n1. The summed E-state index contributed by atoms with van der Waals surface area (Å²) in [5.41, 5.74) is 2.06. The zero-order chi connectivity index (χ0) is 14.2. The second kappa shape index (κ2) is 7.67. The Morgan fingerprint density at radius 2 is 2.10 bits per heavy atom. The molecule has 5 nitrogen and oxygen atoms in total. The molecule has 1 aromatic heterocycles. The number of hydrogen-bond donors (Lipinski definition) is 1. The normalized spacial score (nSPS) is 10.7. The Morgan fingerprint density at radius 1 is 1.25 bits per heavy atom. The van der Waals surface area contributed by atoms with Gasteiger partial charge in [0.1, 0.15) is 12.4 Å². The fraction of sp³-hybridized carbons (Fsp3) is 0.400. The molecule has 108 valence electrons. The third-order valence-electron chi connectivity index (χ3n) is 2.92. The lowest BCUT2D eigenvalue weighted by Gasteiger charge is -2.11. The van der Waals surface area contributed by atoms with Crippen LogP contribution in [0.2, 0.25) is 0 Å². The van der Waals surface area contributed by atoms with Gasteiger partial charge in [-0.25, -0.2) is 0 Å². The molecular weight excluding hydrogens is 254 g/mol. The summed E-state index contributed by atoms with van der Waals surface area (Å²) in [6.45, 7) is 2.78. The van der Waals surface area contributed by atoms with Gasteiger partial charge in [0.25, 0.3) is 0 Å². The van der Waals surface area contributed by atoms with Crippen LogP contribution >= 0.6 is 0 Å². The molecule has 20 heavy (non-hydrogen) atoms. The van der Waals surface area contributed by atoms with Crippen molar-refractivity contribution in [1.29, 1.82) is 0 Å². The van der Waals surface area contributed by atoms with Crippen molar-refractivity contribution in [3.05, 3.63) is 47.8 Å². The Balaban J connectivity index is 1.90. The fourth-order valence-corrected chi connectivity index (χ4v) is 1.88. The maximum Gasteiger partial charge on any atom is 0.132 e. The third kappa shape index (κ3) is 4.36. The number of nitrogens with zero attached hydrogens (tertiary/aromatic N) is 2. The van der Waals surface area contributed by atoms with Crippen molar-refractivity contribution in [1.82, 2.24) is 15.1 Å². The van der Waals surface area contributed by atoms with Crippen molar-refractivity contribution >= 4 is 0 Å². The quantitative estimate of drug-likeness (QED) is 0.745. The fourth-order valence-electron chi connectivity index (χ4n) is 1.88. The minimum Gasteiger partial charge on any atom is -0.487 e. The third-order valence-corrected chi connectivity index (χ3v) is 2.92. The van der Waals surface area contributed by atoms with Crippen molar-refractivity contribution in [3.63, 3.8) is 0 Å². The summed E-state index contributed by atoms with van der Waals surface area (Å²) < 4.78 is 12.6. The van der Waals surface area contributed by atoms with E-state index in [1.54, 1.807) is 11.8 Å². The molecule has 0 aliphatic rings. The van der Waals surface area contributed by atoms with Gasteiger partial charge in [-0.05, 0) is 12.1 Å². The number of aryl methyl sites for hydroxylation is 1. The predicted molar refractivity (Wildman–Crippen MR) is 77.6 cm³/mol. The van der Waals surface area contributed by atoms with Crippen LogP contribution in [0, 0.1) is 0 Å². The Bertz CT molecular complexity index is 525. The highest BCUT2D eigenvalue weighted by Crippen LogP contribution is 2.18. The molecule has 0 radical (unpaired) electrons. The maximum atomic E-state index is 5.85. The van der Waals surface area contributed by atoms with Crippen molar-refractivity contribution < 1.29 is 9.47 Å². The topological polar surface area (TPSA) is 48.3 Å². The molecule has 0 aliphatic carbocycles. The van der Waals surface area contributed by atoms with E-state index in [9.17, 15) is 0 Å². The standard InChI is InChI=1S/C15H21N3O2/c1-18-9-7-14(17-18)12-20-15-6-4-3-5-13(15)11-16-8-10-19-2/h3-7,9,16H,8,10-12H2,1-2H3. The highest BCUT2D eigenvalue weighted by Gasteiger charge is 2.04. The lowest BCUT2D eigenvalue weighted by Crippen LogP contribution is -2.19. The molecule has 2 aromatic rings. The second-order valence-corrected chi connectivity index (χ2v) is 4.55. The van der Waals surface area contributed by atoms with Crippen LogP contribution in [-0.2, 0) is 24.9 Å². The van der Waals surface area contributed by atoms with Gasteiger partial charge in [0, 0.05) is 39.0 Å². The molecule has 5 heteroatoms. The molecule has 0 bridgehead atoms. The lowest BCUT2D eigenvalue weighted by atomic mass is 10.2. The minimum absolute atomic E-state index is 0.482. The Morgan fingerprint density at radius 3 is 2.85 bits per heavy atom. The molecule has 0 saturated carbocycles. The van der Waals surface area contributed by atoms with Crippen LogP contribution in [0.1, 0.15) is 11.3 Å². The molecule has 1 heterocycles. The molecule has 0 saturated heterocycles. The van der Waals surface area contributed by atoms with E-state index in [0.717, 1.165) is 30.1 Å². The van der Waals surface area contributed by atoms with E-state index in [-0.39, 0.29) is 0 Å². The van der Waals surface area contributed by atoms with E-state index >= 15 is 0 Å². The van der Waals surface area contributed by atoms with Crippen LogP contribution in [0.15, 0.2) is 36.5 Å². The van der Waals surface area contributed by atoms with Gasteiger partial charge in [0.15, 0.2) is 0 Å². The highest BCUT2D eigenvalue weighted by atomic mass is 16.5. The van der Waals surface area contributed by atoms with E-state index in [4.69, 9.17) is 9.47 Å². The first kappa shape index (κ1) is 14.6. The first-order chi connectivity index (χ1) is 9.79. The van der Waals surface area contributed by atoms with Gasteiger partial charge in [-0.3, -0.25) is 4.68 Å². The average molecular weight is 275 g/mol. The van der Waals surface area contributed by atoms with Crippen molar-refractivity contribution in [2.75, 3.05) is 20.3 Å². The number of ether oxygens (including phenoxy) is 2. The van der Waals surface area contributed by atoms with Crippen LogP contribution in [0.4, 0.5) is 0 Å². The number of methoxy groups -OCH3 is 1. The molecule has 0 aliphatic heterocycles. The van der Waals surface area contributed by atoms with Crippen LogP contribution in [0.25, 0.3) is 0 Å². The summed E-state index contributed by atoms with van der Waals surface area (Å²) in [5, 5.41) is 7.62. The summed E-state index contributed by atoms with van der Waals surface area (Å²) in [6.07, 6.45) is 1.91. The molecule has 1 N–H and O–H groups in total. The van der Waals surface area contributed by atoms with Gasteiger partial charge in [-0.2, -0.15) is 5.10 Å². The average Bonchev–Trinajstić information content (AvgIpc) is 2.88. The van der Waals surface area contributed by atoms with Gasteiger partial charge in [-0.15, -0.1) is 0 Å². The Kier molecular flexibility index (Phi) is 5.58. The van der Waals surface area contributed by atoms with E-state index < -0.39 is 0 Å². The zero-order valence-electron chi connectivity index (χ0n) is 12.0. The summed E-state index contributed by atoms with van der Waals surface area (Å²) >= 11 is 0. The Labute approximate surface area is 119 Å². The monoisotopic (exact) mass is 275 g/mol. The van der Waals surface area contributed by atoms with E-state index in [0.29, 0.717) is 13.2 Å². The van der Waals surface area contributed by atoms with Crippen LogP contribution in [-0.4, -0.2) is 30.0 Å². The molecule has 2 rings (SSSR count). The molecular formula is C15H21N3O2. The molecule has 0 fully saturated rings. The van der Waals surface area contributed by atoms with Crippen molar-refractivity contribution in [2.24, 2.45) is 7.05 Å². The summed E-state index contributed by atoms with van der Waals surface area (Å²) in [7, 11) is 3.60. The van der Waals surface area contributed by atoms with E-state index in [2.05, 4.69) is 16.5 Å². The first-order valence-electron chi connectivity index (χ1n) is 6.68. The first-order valence-corrected chi connectivity index (χ1v) is 6.68. The smallest absolute Gasteiger partial charge is 0.132 e. The Hall–Kier alpha value is -1.85. The molecule has 0 amide bonds. The van der Waals surface area contributed by atoms with Gasteiger partial charge in [0.2, 0.25) is 0 Å². The van der Waals surface area contributed by atoms with Crippen LogP contribution < -0.4 is 10.1 Å². The largest absolute Gasteiger partial charge is 0.487 e. The molecule has 1 aromatic carbocycles. The number of nitrogens with one attached hydrogen (secondary N) is 1. The van der Waals surface area contributed by atoms with E-state index in [1.807, 2.05) is 37.5 Å². The minimum atomic E-state index is 0.482. The number of benzene rings is 1. The van der Waals surface area contributed by atoms with Gasteiger partial charge < -0.3 is 14.8 Å². The van der Waals surface area contributed by atoms with Gasteiger partial charge in [0.05, 0.1) is 12.3 Å². The zero-order valence-corrected chi connectivity index (χ0v) is 12.0. The van der Waals surface area contributed by atoms with Crippen LogP contribution in [0.5, 0.6) is 5.75 Å². The van der Waals surface area contributed by atoms with Crippen LogP contribution in [0.3, 0.4) is 0 Å². The number of aromatic nitrogens is 2. The number of rotatable bonds is 8. The molecule has 0 atom stereocenters. The molecule has 0 unspecified atom stereocenters. The van der Waals surface area contributed by atoms with Crippen molar-refractivity contribution in [2.45, 2.75) is 13.2 Å². The second-order valence-electron chi connectivity index (χ2n) is 4.55. The van der Waals surface area contributed by atoms with Gasteiger partial charge >= 0.3 is 0 Å². The molecule has 0 spiro atoms.